The molecule has 8 heteroatoms. The topological polar surface area (TPSA) is 48.1 Å². The third kappa shape index (κ3) is 4.94. The summed E-state index contributed by atoms with van der Waals surface area (Å²) in [5.41, 5.74) is 0. The van der Waals surface area contributed by atoms with Crippen molar-refractivity contribution in [2.24, 2.45) is 5.92 Å². The molecule has 2 rings (SSSR count). The van der Waals surface area contributed by atoms with Crippen molar-refractivity contribution in [1.82, 2.24) is 19.4 Å². The number of piperazine rings is 1. The van der Waals surface area contributed by atoms with Crippen molar-refractivity contribution >= 4 is 0 Å². The Kier molecular flexibility index (Phi) is 5.65. The number of aromatic nitrogens is 2. The lowest BCUT2D eigenvalue weighted by Crippen LogP contribution is -2.51. The fourth-order valence-electron chi connectivity index (χ4n) is 2.88. The molecule has 0 spiro atoms. The Labute approximate surface area is 134 Å². The molecule has 0 aromatic carbocycles. The average molecular weight is 329 g/mol. The molecule has 1 atom stereocenters. The van der Waals surface area contributed by atoms with Gasteiger partial charge in [0.25, 0.3) is 0 Å². The molecule has 5 nitrogen and oxygen atoms in total. The molecule has 0 N–H and O–H groups in total. The van der Waals surface area contributed by atoms with Crippen molar-refractivity contribution in [2.75, 3.05) is 26.2 Å². The molecule has 2 heterocycles. The molecule has 1 aliphatic heterocycles. The Bertz CT molecular complexity index is 538. The maximum absolute atomic E-state index is 12.5. The zero-order valence-electron chi connectivity index (χ0n) is 13.4. The Morgan fingerprint density at radius 2 is 1.91 bits per heavy atom. The summed E-state index contributed by atoms with van der Waals surface area (Å²) in [4.78, 5) is 8.27. The van der Waals surface area contributed by atoms with Gasteiger partial charge in [0.15, 0.2) is 0 Å². The summed E-state index contributed by atoms with van der Waals surface area (Å²) in [5.74, 6) is 0.689. The van der Waals surface area contributed by atoms with Gasteiger partial charge in [-0.25, -0.2) is 4.98 Å². The van der Waals surface area contributed by atoms with Crippen LogP contribution < -0.4 is 0 Å². The highest BCUT2D eigenvalue weighted by Gasteiger charge is 2.30. The molecule has 23 heavy (non-hydrogen) atoms. The van der Waals surface area contributed by atoms with E-state index in [1.54, 1.807) is 0 Å². The van der Waals surface area contributed by atoms with Gasteiger partial charge >= 0.3 is 6.18 Å². The summed E-state index contributed by atoms with van der Waals surface area (Å²) in [6, 6.07) is 2.23. The lowest BCUT2D eigenvalue weighted by atomic mass is 10.0. The van der Waals surface area contributed by atoms with Gasteiger partial charge in [-0.1, -0.05) is 13.8 Å². The van der Waals surface area contributed by atoms with Crippen LogP contribution in [0.2, 0.25) is 0 Å². The monoisotopic (exact) mass is 329 g/mol. The van der Waals surface area contributed by atoms with Crippen molar-refractivity contribution in [3.8, 4) is 6.07 Å². The van der Waals surface area contributed by atoms with Crippen LogP contribution in [0.15, 0.2) is 12.4 Å². The SMILES string of the molecule is CC(C)[C@H](C#N)N1CCN(Cc2nccn2CC(F)(F)F)CC1. The van der Waals surface area contributed by atoms with Gasteiger partial charge in [-0.15, -0.1) is 0 Å². The highest BCUT2D eigenvalue weighted by atomic mass is 19.4. The van der Waals surface area contributed by atoms with Gasteiger partial charge in [0.2, 0.25) is 0 Å². The summed E-state index contributed by atoms with van der Waals surface area (Å²) < 4.78 is 38.7. The van der Waals surface area contributed by atoms with E-state index >= 15 is 0 Å². The molecule has 0 saturated carbocycles. The van der Waals surface area contributed by atoms with Crippen LogP contribution in [-0.2, 0) is 13.1 Å². The van der Waals surface area contributed by atoms with E-state index in [-0.39, 0.29) is 12.0 Å². The number of rotatable bonds is 5. The Morgan fingerprint density at radius 1 is 1.26 bits per heavy atom. The second-order valence-electron chi connectivity index (χ2n) is 6.22. The van der Waals surface area contributed by atoms with E-state index < -0.39 is 12.7 Å². The molecule has 0 unspecified atom stereocenters. The van der Waals surface area contributed by atoms with Crippen LogP contribution in [0.4, 0.5) is 13.2 Å². The average Bonchev–Trinajstić information content (AvgIpc) is 2.86. The van der Waals surface area contributed by atoms with Crippen LogP contribution in [0, 0.1) is 17.2 Å². The molecule has 0 radical (unpaired) electrons. The van der Waals surface area contributed by atoms with Gasteiger partial charge in [-0.3, -0.25) is 9.80 Å². The summed E-state index contributed by atoms with van der Waals surface area (Å²) in [6.07, 6.45) is -1.48. The van der Waals surface area contributed by atoms with E-state index in [1.807, 2.05) is 13.8 Å². The van der Waals surface area contributed by atoms with Gasteiger partial charge in [-0.2, -0.15) is 18.4 Å². The van der Waals surface area contributed by atoms with Crippen LogP contribution in [0.1, 0.15) is 19.7 Å². The largest absolute Gasteiger partial charge is 0.406 e. The van der Waals surface area contributed by atoms with Crippen molar-refractivity contribution in [1.29, 1.82) is 5.26 Å². The predicted octanol–water partition coefficient (Wildman–Crippen LogP) is 2.11. The smallest absolute Gasteiger partial charge is 0.325 e. The first-order valence-corrected chi connectivity index (χ1v) is 7.73. The van der Waals surface area contributed by atoms with Gasteiger partial charge in [0, 0.05) is 38.6 Å². The molecular weight excluding hydrogens is 307 g/mol. The summed E-state index contributed by atoms with van der Waals surface area (Å²) in [7, 11) is 0. The van der Waals surface area contributed by atoms with E-state index in [0.717, 1.165) is 30.7 Å². The third-order valence-corrected chi connectivity index (χ3v) is 4.08. The Hall–Kier alpha value is -1.59. The second kappa shape index (κ2) is 7.32. The lowest BCUT2D eigenvalue weighted by molar-refractivity contribution is -0.141. The number of hydrogen-bond acceptors (Lipinski definition) is 4. The third-order valence-electron chi connectivity index (χ3n) is 4.08. The van der Waals surface area contributed by atoms with Crippen LogP contribution in [-0.4, -0.2) is 57.7 Å². The fourth-order valence-corrected chi connectivity index (χ4v) is 2.88. The van der Waals surface area contributed by atoms with E-state index in [2.05, 4.69) is 20.9 Å². The first-order valence-electron chi connectivity index (χ1n) is 7.73. The van der Waals surface area contributed by atoms with Crippen molar-refractivity contribution in [3.05, 3.63) is 18.2 Å². The maximum atomic E-state index is 12.5. The number of imidazole rings is 1. The van der Waals surface area contributed by atoms with Crippen molar-refractivity contribution in [3.63, 3.8) is 0 Å². The zero-order chi connectivity index (χ0) is 17.0. The van der Waals surface area contributed by atoms with Crippen LogP contribution >= 0.6 is 0 Å². The second-order valence-corrected chi connectivity index (χ2v) is 6.22. The van der Waals surface area contributed by atoms with E-state index in [4.69, 9.17) is 0 Å². The summed E-state index contributed by atoms with van der Waals surface area (Å²) in [5, 5.41) is 9.24. The number of alkyl halides is 3. The lowest BCUT2D eigenvalue weighted by Gasteiger charge is -2.38. The summed E-state index contributed by atoms with van der Waals surface area (Å²) >= 11 is 0. The van der Waals surface area contributed by atoms with E-state index in [1.165, 1.54) is 12.4 Å². The molecule has 0 aliphatic carbocycles. The minimum atomic E-state index is -4.24. The molecule has 1 aliphatic rings. The van der Waals surface area contributed by atoms with Gasteiger partial charge in [0.1, 0.15) is 18.4 Å². The van der Waals surface area contributed by atoms with Gasteiger partial charge in [-0.05, 0) is 5.92 Å². The maximum Gasteiger partial charge on any atom is 0.406 e. The van der Waals surface area contributed by atoms with Crippen LogP contribution in [0.3, 0.4) is 0 Å². The number of nitriles is 1. The number of halogens is 3. The molecular formula is C15H22F3N5. The van der Waals surface area contributed by atoms with Crippen molar-refractivity contribution < 1.29 is 13.2 Å². The quantitative estimate of drug-likeness (QED) is 0.830. The van der Waals surface area contributed by atoms with E-state index in [9.17, 15) is 18.4 Å². The number of nitrogens with zero attached hydrogens (tertiary/aromatic N) is 5. The standard InChI is InChI=1S/C15H22F3N5/c1-12(2)13(9-19)22-7-5-21(6-8-22)10-14-20-3-4-23(14)11-15(16,17)18/h3-4,12-13H,5-8,10-11H2,1-2H3/t13-/m0/s1. The molecule has 1 saturated heterocycles. The highest BCUT2D eigenvalue weighted by Crippen LogP contribution is 2.19. The number of hydrogen-bond donors (Lipinski definition) is 0. The molecule has 1 aromatic heterocycles. The normalized spacial score (nSPS) is 19.0. The van der Waals surface area contributed by atoms with Crippen LogP contribution in [0.5, 0.6) is 0 Å². The molecule has 128 valence electrons. The zero-order valence-corrected chi connectivity index (χ0v) is 13.4. The van der Waals surface area contributed by atoms with Crippen LogP contribution in [0.25, 0.3) is 0 Å². The first-order chi connectivity index (χ1) is 10.8. The predicted molar refractivity (Wildman–Crippen MR) is 79.4 cm³/mol. The van der Waals surface area contributed by atoms with E-state index in [0.29, 0.717) is 12.4 Å². The molecule has 0 bridgehead atoms. The minimum absolute atomic E-state index is 0.107. The molecule has 0 amide bonds. The Morgan fingerprint density at radius 3 is 2.43 bits per heavy atom. The summed E-state index contributed by atoms with van der Waals surface area (Å²) in [6.45, 7) is 6.38. The minimum Gasteiger partial charge on any atom is -0.325 e. The molecule has 1 aromatic rings. The fraction of sp³-hybridized carbons (Fsp3) is 0.733. The van der Waals surface area contributed by atoms with Gasteiger partial charge < -0.3 is 4.57 Å². The highest BCUT2D eigenvalue weighted by molar-refractivity contribution is 4.97. The van der Waals surface area contributed by atoms with Crippen molar-refractivity contribution in [2.45, 2.75) is 39.2 Å². The first kappa shape index (κ1) is 17.8. The molecule has 1 fully saturated rings. The Balaban J connectivity index is 1.90. The van der Waals surface area contributed by atoms with Gasteiger partial charge in [0.05, 0.1) is 12.6 Å².